The Labute approximate surface area is 157 Å². The predicted molar refractivity (Wildman–Crippen MR) is 99.7 cm³/mol. The quantitative estimate of drug-likeness (QED) is 0.576. The SMILES string of the molecule is O=[N+]([O-])c1ccc(NCCc2ccc(F)cc2)c(S(=O)(=O)N2CCCC2)c1. The average Bonchev–Trinajstić information content (AvgIpc) is 3.19. The number of benzene rings is 2. The van der Waals surface area contributed by atoms with Gasteiger partial charge in [-0.05, 0) is 43.0 Å². The monoisotopic (exact) mass is 393 g/mol. The van der Waals surface area contributed by atoms with Gasteiger partial charge in [0.05, 0.1) is 10.6 Å². The average molecular weight is 393 g/mol. The highest BCUT2D eigenvalue weighted by molar-refractivity contribution is 7.89. The molecule has 0 unspecified atom stereocenters. The summed E-state index contributed by atoms with van der Waals surface area (Å²) in [6.07, 6.45) is 2.11. The summed E-state index contributed by atoms with van der Waals surface area (Å²) in [5.74, 6) is -0.318. The summed E-state index contributed by atoms with van der Waals surface area (Å²) >= 11 is 0. The van der Waals surface area contributed by atoms with Crippen molar-refractivity contribution >= 4 is 21.4 Å². The topological polar surface area (TPSA) is 92.5 Å². The fourth-order valence-corrected chi connectivity index (χ4v) is 4.75. The van der Waals surface area contributed by atoms with Crippen molar-refractivity contribution in [1.29, 1.82) is 0 Å². The van der Waals surface area contributed by atoms with Crippen LogP contribution in [-0.4, -0.2) is 37.3 Å². The molecule has 144 valence electrons. The first-order valence-electron chi connectivity index (χ1n) is 8.65. The first-order valence-corrected chi connectivity index (χ1v) is 10.1. The lowest BCUT2D eigenvalue weighted by atomic mass is 10.1. The van der Waals surface area contributed by atoms with Crippen molar-refractivity contribution in [3.8, 4) is 0 Å². The van der Waals surface area contributed by atoms with Gasteiger partial charge in [-0.2, -0.15) is 4.31 Å². The number of halogens is 1. The molecule has 0 amide bonds. The minimum Gasteiger partial charge on any atom is -0.384 e. The highest BCUT2D eigenvalue weighted by Gasteiger charge is 2.30. The molecule has 0 aliphatic carbocycles. The number of nitrogens with one attached hydrogen (secondary N) is 1. The molecule has 3 rings (SSSR count). The molecule has 1 saturated heterocycles. The molecule has 0 spiro atoms. The van der Waals surface area contributed by atoms with E-state index in [0.717, 1.165) is 24.5 Å². The number of rotatable bonds is 7. The second-order valence-electron chi connectivity index (χ2n) is 6.35. The summed E-state index contributed by atoms with van der Waals surface area (Å²) in [6.45, 7) is 1.24. The third kappa shape index (κ3) is 4.42. The van der Waals surface area contributed by atoms with E-state index in [4.69, 9.17) is 0 Å². The standard InChI is InChI=1S/C18H20FN3O4S/c19-15-5-3-14(4-6-15)9-10-20-17-8-7-16(22(23)24)13-18(17)27(25,26)21-11-1-2-12-21/h3-8,13,20H,1-2,9-12H2. The van der Waals surface area contributed by atoms with Gasteiger partial charge >= 0.3 is 0 Å². The molecule has 1 aliphatic heterocycles. The molecule has 0 radical (unpaired) electrons. The first-order chi connectivity index (χ1) is 12.9. The van der Waals surface area contributed by atoms with Crippen LogP contribution in [-0.2, 0) is 16.4 Å². The molecule has 2 aromatic rings. The van der Waals surface area contributed by atoms with Crippen LogP contribution in [0, 0.1) is 15.9 Å². The fraction of sp³-hybridized carbons (Fsp3) is 0.333. The van der Waals surface area contributed by atoms with Crippen molar-refractivity contribution in [2.24, 2.45) is 0 Å². The van der Waals surface area contributed by atoms with E-state index in [1.807, 2.05) is 0 Å². The van der Waals surface area contributed by atoms with Crippen molar-refractivity contribution in [3.63, 3.8) is 0 Å². The Morgan fingerprint density at radius 1 is 1.11 bits per heavy atom. The van der Waals surface area contributed by atoms with E-state index in [0.29, 0.717) is 31.7 Å². The van der Waals surface area contributed by atoms with Crippen LogP contribution in [0.5, 0.6) is 0 Å². The maximum atomic E-state index is 13.0. The number of nitrogens with zero attached hydrogens (tertiary/aromatic N) is 2. The molecule has 2 aromatic carbocycles. The second kappa shape index (κ2) is 8.01. The third-order valence-electron chi connectivity index (χ3n) is 4.50. The molecule has 0 aromatic heterocycles. The molecular weight excluding hydrogens is 373 g/mol. The Morgan fingerprint density at radius 2 is 1.78 bits per heavy atom. The molecule has 7 nitrogen and oxygen atoms in total. The van der Waals surface area contributed by atoms with E-state index in [1.165, 1.54) is 28.6 Å². The Kier molecular flexibility index (Phi) is 5.71. The van der Waals surface area contributed by atoms with Gasteiger partial charge in [-0.25, -0.2) is 12.8 Å². The van der Waals surface area contributed by atoms with Crippen molar-refractivity contribution in [3.05, 3.63) is 64.0 Å². The lowest BCUT2D eigenvalue weighted by Gasteiger charge is -2.18. The van der Waals surface area contributed by atoms with Gasteiger partial charge in [0.25, 0.3) is 5.69 Å². The maximum absolute atomic E-state index is 13.0. The Morgan fingerprint density at radius 3 is 2.41 bits per heavy atom. The van der Waals surface area contributed by atoms with Gasteiger partial charge in [-0.3, -0.25) is 10.1 Å². The number of sulfonamides is 1. The van der Waals surface area contributed by atoms with E-state index in [1.54, 1.807) is 12.1 Å². The van der Waals surface area contributed by atoms with Gasteiger partial charge in [0, 0.05) is 31.8 Å². The largest absolute Gasteiger partial charge is 0.384 e. The van der Waals surface area contributed by atoms with Crippen LogP contribution in [0.4, 0.5) is 15.8 Å². The van der Waals surface area contributed by atoms with Crippen molar-refractivity contribution in [2.75, 3.05) is 25.0 Å². The highest BCUT2D eigenvalue weighted by atomic mass is 32.2. The number of hydrogen-bond acceptors (Lipinski definition) is 5. The number of non-ortho nitro benzene ring substituents is 1. The van der Waals surface area contributed by atoms with Gasteiger partial charge in [-0.1, -0.05) is 12.1 Å². The maximum Gasteiger partial charge on any atom is 0.270 e. The molecular formula is C18H20FN3O4S. The number of hydrogen-bond donors (Lipinski definition) is 1. The normalized spacial score (nSPS) is 15.0. The molecule has 1 N–H and O–H groups in total. The molecule has 9 heteroatoms. The Balaban J connectivity index is 1.83. The Bertz CT molecular complexity index is 926. The van der Waals surface area contributed by atoms with Crippen LogP contribution in [0.15, 0.2) is 47.4 Å². The molecule has 27 heavy (non-hydrogen) atoms. The van der Waals surface area contributed by atoms with Crippen LogP contribution in [0.25, 0.3) is 0 Å². The van der Waals surface area contributed by atoms with Gasteiger partial charge < -0.3 is 5.32 Å². The van der Waals surface area contributed by atoms with Gasteiger partial charge in [0.1, 0.15) is 10.7 Å². The highest BCUT2D eigenvalue weighted by Crippen LogP contribution is 2.30. The summed E-state index contributed by atoms with van der Waals surface area (Å²) in [5, 5.41) is 14.1. The number of nitro groups is 1. The van der Waals surface area contributed by atoms with E-state index in [9.17, 15) is 22.9 Å². The van der Waals surface area contributed by atoms with Crippen LogP contribution >= 0.6 is 0 Å². The lowest BCUT2D eigenvalue weighted by Crippen LogP contribution is -2.28. The summed E-state index contributed by atoms with van der Waals surface area (Å²) < 4.78 is 40.2. The lowest BCUT2D eigenvalue weighted by molar-refractivity contribution is -0.385. The van der Waals surface area contributed by atoms with Crippen LogP contribution in [0.2, 0.25) is 0 Å². The summed E-state index contributed by atoms with van der Waals surface area (Å²) in [5.41, 5.74) is 0.959. The minimum atomic E-state index is -3.81. The van der Waals surface area contributed by atoms with Gasteiger partial charge in [0.2, 0.25) is 10.0 Å². The van der Waals surface area contributed by atoms with E-state index in [2.05, 4.69) is 5.32 Å². The first kappa shape index (κ1) is 19.2. The van der Waals surface area contributed by atoms with Crippen molar-refractivity contribution in [2.45, 2.75) is 24.2 Å². The molecule has 0 saturated carbocycles. The summed E-state index contributed by atoms with van der Waals surface area (Å²) in [6, 6.07) is 9.86. The number of nitro benzene ring substituents is 1. The van der Waals surface area contributed by atoms with Crippen molar-refractivity contribution < 1.29 is 17.7 Å². The van der Waals surface area contributed by atoms with Crippen LogP contribution < -0.4 is 5.32 Å². The minimum absolute atomic E-state index is 0.0855. The van der Waals surface area contributed by atoms with E-state index >= 15 is 0 Å². The fourth-order valence-electron chi connectivity index (χ4n) is 3.04. The molecule has 0 atom stereocenters. The summed E-state index contributed by atoms with van der Waals surface area (Å²) in [4.78, 5) is 10.4. The van der Waals surface area contributed by atoms with Gasteiger partial charge in [0.15, 0.2) is 0 Å². The summed E-state index contributed by atoms with van der Waals surface area (Å²) in [7, 11) is -3.81. The zero-order valence-corrected chi connectivity index (χ0v) is 15.4. The molecule has 1 aliphatic rings. The molecule has 0 bridgehead atoms. The predicted octanol–water partition coefficient (Wildman–Crippen LogP) is 3.17. The zero-order valence-electron chi connectivity index (χ0n) is 14.6. The van der Waals surface area contributed by atoms with Crippen LogP contribution in [0.1, 0.15) is 18.4 Å². The van der Waals surface area contributed by atoms with Crippen LogP contribution in [0.3, 0.4) is 0 Å². The van der Waals surface area contributed by atoms with E-state index < -0.39 is 14.9 Å². The Hall–Kier alpha value is -2.52. The van der Waals surface area contributed by atoms with E-state index in [-0.39, 0.29) is 16.4 Å². The smallest absolute Gasteiger partial charge is 0.270 e. The van der Waals surface area contributed by atoms with Gasteiger partial charge in [-0.15, -0.1) is 0 Å². The molecule has 1 heterocycles. The third-order valence-corrected chi connectivity index (χ3v) is 6.44. The second-order valence-corrected chi connectivity index (χ2v) is 8.26. The zero-order chi connectivity index (χ0) is 19.4. The molecule has 1 fully saturated rings. The van der Waals surface area contributed by atoms with Crippen molar-refractivity contribution in [1.82, 2.24) is 4.31 Å². The number of anilines is 1.